The molecule has 1 N–H and O–H groups in total. The van der Waals surface area contributed by atoms with E-state index < -0.39 is 5.60 Å². The van der Waals surface area contributed by atoms with Crippen LogP contribution in [0.15, 0.2) is 18.2 Å². The van der Waals surface area contributed by atoms with Gasteiger partial charge in [0.05, 0.1) is 5.60 Å². The largest absolute Gasteiger partial charge is 0.386 e. The molecule has 0 bridgehead atoms. The van der Waals surface area contributed by atoms with Gasteiger partial charge in [-0.25, -0.2) is 0 Å². The summed E-state index contributed by atoms with van der Waals surface area (Å²) in [5.74, 6) is 0. The highest BCUT2D eigenvalue weighted by molar-refractivity contribution is 5.60. The highest BCUT2D eigenvalue weighted by atomic mass is 16.3. The molecule has 2 aliphatic rings. The highest BCUT2D eigenvalue weighted by Crippen LogP contribution is 2.37. The summed E-state index contributed by atoms with van der Waals surface area (Å²) in [6.45, 7) is 4.87. The average Bonchev–Trinajstić information content (AvgIpc) is 2.57. The number of hydrogen-bond donors (Lipinski definition) is 1. The topological polar surface area (TPSA) is 23.5 Å². The third kappa shape index (κ3) is 1.85. The molecule has 0 spiro atoms. The number of benzene rings is 1. The van der Waals surface area contributed by atoms with Crippen LogP contribution in [-0.2, 0) is 12.0 Å². The lowest BCUT2D eigenvalue weighted by atomic mass is 9.91. The Bertz CT molecular complexity index is 429. The monoisotopic (exact) mass is 231 g/mol. The Labute approximate surface area is 103 Å². The van der Waals surface area contributed by atoms with E-state index in [1.54, 1.807) is 0 Å². The summed E-state index contributed by atoms with van der Waals surface area (Å²) in [6.07, 6.45) is 5.23. The van der Waals surface area contributed by atoms with Crippen LogP contribution in [0.4, 0.5) is 5.69 Å². The van der Waals surface area contributed by atoms with Crippen molar-refractivity contribution < 1.29 is 5.11 Å². The molecule has 0 aromatic heterocycles. The van der Waals surface area contributed by atoms with Crippen LogP contribution >= 0.6 is 0 Å². The van der Waals surface area contributed by atoms with Crippen LogP contribution in [0.5, 0.6) is 0 Å². The lowest BCUT2D eigenvalue weighted by Crippen LogP contribution is -2.38. The fraction of sp³-hybridized carbons (Fsp3) is 0.600. The number of nitrogens with zero attached hydrogens (tertiary/aromatic N) is 1. The standard InChI is InChI=1S/C15H21NO/c1-15(2,17)12-6-7-14-11(10-12)8-9-16(14)13-4-3-5-13/h6-7,10,13,17H,3-5,8-9H2,1-2H3. The zero-order chi connectivity index (χ0) is 12.0. The maximum absolute atomic E-state index is 10.0. The molecule has 1 aliphatic heterocycles. The molecule has 2 nitrogen and oxygen atoms in total. The molecule has 17 heavy (non-hydrogen) atoms. The van der Waals surface area contributed by atoms with Crippen molar-refractivity contribution >= 4 is 5.69 Å². The summed E-state index contributed by atoms with van der Waals surface area (Å²) in [4.78, 5) is 2.56. The van der Waals surface area contributed by atoms with E-state index in [1.165, 1.54) is 30.5 Å². The number of aliphatic hydroxyl groups is 1. The van der Waals surface area contributed by atoms with Crippen molar-refractivity contribution in [3.8, 4) is 0 Å². The van der Waals surface area contributed by atoms with E-state index >= 15 is 0 Å². The van der Waals surface area contributed by atoms with Crippen molar-refractivity contribution in [2.45, 2.75) is 51.2 Å². The van der Waals surface area contributed by atoms with Crippen LogP contribution in [0.1, 0.15) is 44.2 Å². The maximum atomic E-state index is 10.0. The number of anilines is 1. The van der Waals surface area contributed by atoms with E-state index in [1.807, 2.05) is 13.8 Å². The molecule has 2 heteroatoms. The van der Waals surface area contributed by atoms with Crippen LogP contribution in [0.25, 0.3) is 0 Å². The summed E-state index contributed by atoms with van der Waals surface area (Å²) < 4.78 is 0. The van der Waals surface area contributed by atoms with Gasteiger partial charge in [-0.05, 0) is 56.7 Å². The Hall–Kier alpha value is -1.02. The third-order valence-electron chi connectivity index (χ3n) is 4.23. The molecule has 1 aromatic carbocycles. The van der Waals surface area contributed by atoms with Gasteiger partial charge in [-0.2, -0.15) is 0 Å². The van der Waals surface area contributed by atoms with Crippen molar-refractivity contribution in [1.29, 1.82) is 0 Å². The van der Waals surface area contributed by atoms with Crippen molar-refractivity contribution in [3.63, 3.8) is 0 Å². The molecule has 1 heterocycles. The predicted molar refractivity (Wildman–Crippen MR) is 70.4 cm³/mol. The van der Waals surface area contributed by atoms with Crippen LogP contribution in [0, 0.1) is 0 Å². The van der Waals surface area contributed by atoms with Crippen LogP contribution in [0.3, 0.4) is 0 Å². The number of fused-ring (bicyclic) bond motifs is 1. The van der Waals surface area contributed by atoms with E-state index in [2.05, 4.69) is 23.1 Å². The molecule has 1 saturated carbocycles. The molecule has 0 radical (unpaired) electrons. The van der Waals surface area contributed by atoms with Crippen LogP contribution < -0.4 is 4.90 Å². The van der Waals surface area contributed by atoms with Gasteiger partial charge in [0.1, 0.15) is 0 Å². The zero-order valence-corrected chi connectivity index (χ0v) is 10.7. The first-order valence-electron chi connectivity index (χ1n) is 6.68. The fourth-order valence-corrected chi connectivity index (χ4v) is 2.89. The molecule has 1 aliphatic carbocycles. The molecule has 1 fully saturated rings. The van der Waals surface area contributed by atoms with Crippen molar-refractivity contribution in [2.24, 2.45) is 0 Å². The molecule has 0 saturated heterocycles. The fourth-order valence-electron chi connectivity index (χ4n) is 2.89. The summed E-state index contributed by atoms with van der Waals surface area (Å²) in [7, 11) is 0. The SMILES string of the molecule is CC(C)(O)c1ccc2c(c1)CCN2C1CCC1. The molecule has 3 rings (SSSR count). The smallest absolute Gasteiger partial charge is 0.0840 e. The van der Waals surface area contributed by atoms with E-state index in [0.29, 0.717) is 0 Å². The van der Waals surface area contributed by atoms with E-state index in [4.69, 9.17) is 0 Å². The van der Waals surface area contributed by atoms with Gasteiger partial charge in [0.25, 0.3) is 0 Å². The van der Waals surface area contributed by atoms with E-state index in [0.717, 1.165) is 24.6 Å². The van der Waals surface area contributed by atoms with Gasteiger partial charge in [0.15, 0.2) is 0 Å². The minimum atomic E-state index is -0.723. The first-order valence-corrected chi connectivity index (χ1v) is 6.68. The molecule has 0 unspecified atom stereocenters. The second-order valence-corrected chi connectivity index (χ2v) is 5.93. The van der Waals surface area contributed by atoms with Gasteiger partial charge in [-0.3, -0.25) is 0 Å². The summed E-state index contributed by atoms with van der Waals surface area (Å²) in [5.41, 5.74) is 3.13. The summed E-state index contributed by atoms with van der Waals surface area (Å²) >= 11 is 0. The summed E-state index contributed by atoms with van der Waals surface area (Å²) in [6, 6.07) is 7.25. The molecule has 1 aromatic rings. The third-order valence-corrected chi connectivity index (χ3v) is 4.23. The first-order chi connectivity index (χ1) is 8.05. The second kappa shape index (κ2) is 3.74. The predicted octanol–water partition coefficient (Wildman–Crippen LogP) is 2.83. The Morgan fingerprint density at radius 3 is 2.65 bits per heavy atom. The summed E-state index contributed by atoms with van der Waals surface area (Å²) in [5, 5.41) is 10.0. The Morgan fingerprint density at radius 1 is 1.29 bits per heavy atom. The normalized spacial score (nSPS) is 20.3. The number of rotatable bonds is 2. The molecule has 92 valence electrons. The molecule has 0 amide bonds. The molecule has 0 atom stereocenters. The van der Waals surface area contributed by atoms with E-state index in [9.17, 15) is 5.11 Å². The van der Waals surface area contributed by atoms with Crippen molar-refractivity contribution in [2.75, 3.05) is 11.4 Å². The van der Waals surface area contributed by atoms with Gasteiger partial charge >= 0.3 is 0 Å². The number of hydrogen-bond acceptors (Lipinski definition) is 2. The maximum Gasteiger partial charge on any atom is 0.0840 e. The molecular formula is C15H21NO. The lowest BCUT2D eigenvalue weighted by molar-refractivity contribution is 0.0785. The quantitative estimate of drug-likeness (QED) is 0.846. The Morgan fingerprint density at radius 2 is 2.06 bits per heavy atom. The van der Waals surface area contributed by atoms with Crippen molar-refractivity contribution in [3.05, 3.63) is 29.3 Å². The second-order valence-electron chi connectivity index (χ2n) is 5.93. The highest BCUT2D eigenvalue weighted by Gasteiger charge is 2.30. The van der Waals surface area contributed by atoms with Gasteiger partial charge in [-0.1, -0.05) is 12.1 Å². The minimum Gasteiger partial charge on any atom is -0.386 e. The Balaban J connectivity index is 1.91. The van der Waals surface area contributed by atoms with Gasteiger partial charge < -0.3 is 10.0 Å². The molecular weight excluding hydrogens is 210 g/mol. The van der Waals surface area contributed by atoms with Crippen LogP contribution in [0.2, 0.25) is 0 Å². The van der Waals surface area contributed by atoms with Crippen LogP contribution in [-0.4, -0.2) is 17.7 Å². The zero-order valence-electron chi connectivity index (χ0n) is 10.7. The van der Waals surface area contributed by atoms with Gasteiger partial charge in [0, 0.05) is 18.3 Å². The van der Waals surface area contributed by atoms with Gasteiger partial charge in [0.2, 0.25) is 0 Å². The van der Waals surface area contributed by atoms with E-state index in [-0.39, 0.29) is 0 Å². The van der Waals surface area contributed by atoms with Gasteiger partial charge in [-0.15, -0.1) is 0 Å². The first kappa shape index (κ1) is 11.1. The average molecular weight is 231 g/mol. The Kier molecular flexibility index (Phi) is 2.44. The van der Waals surface area contributed by atoms with Crippen molar-refractivity contribution in [1.82, 2.24) is 0 Å². The minimum absolute atomic E-state index is 0.723. The lowest BCUT2D eigenvalue weighted by Gasteiger charge is -2.36.